The standard InChI is InChI=1S/C23H16N2O2/c26-20-11-10-16(14-17(20)15-6-2-1-3-7-15)23(27)18-8-4-12-24-21(18)22-19(23)9-5-13-25-22/h1-14,26-27H. The maximum absolute atomic E-state index is 11.9. The summed E-state index contributed by atoms with van der Waals surface area (Å²) in [5, 5.41) is 22.3. The van der Waals surface area contributed by atoms with Crippen molar-refractivity contribution in [1.82, 2.24) is 9.97 Å². The molecule has 0 radical (unpaired) electrons. The molecule has 4 aromatic rings. The van der Waals surface area contributed by atoms with Crippen LogP contribution in [0.15, 0.2) is 85.2 Å². The van der Waals surface area contributed by atoms with Crippen LogP contribution in [-0.2, 0) is 5.60 Å². The minimum Gasteiger partial charge on any atom is -0.507 e. The van der Waals surface area contributed by atoms with Gasteiger partial charge < -0.3 is 10.2 Å². The molecule has 0 bridgehead atoms. The van der Waals surface area contributed by atoms with Crippen LogP contribution >= 0.6 is 0 Å². The van der Waals surface area contributed by atoms with Crippen LogP contribution in [-0.4, -0.2) is 20.2 Å². The lowest BCUT2D eigenvalue weighted by atomic mass is 9.83. The molecule has 0 unspecified atom stereocenters. The van der Waals surface area contributed by atoms with Crippen molar-refractivity contribution in [2.75, 3.05) is 0 Å². The molecule has 27 heavy (non-hydrogen) atoms. The van der Waals surface area contributed by atoms with Gasteiger partial charge in [0.25, 0.3) is 0 Å². The van der Waals surface area contributed by atoms with E-state index in [1.165, 1.54) is 0 Å². The highest BCUT2D eigenvalue weighted by Gasteiger charge is 2.44. The van der Waals surface area contributed by atoms with E-state index in [-0.39, 0.29) is 5.75 Å². The third kappa shape index (κ3) is 2.20. The van der Waals surface area contributed by atoms with Gasteiger partial charge in [0, 0.05) is 29.1 Å². The molecule has 0 spiro atoms. The largest absolute Gasteiger partial charge is 0.507 e. The predicted octanol–water partition coefficient (Wildman–Crippen LogP) is 4.11. The molecule has 1 aliphatic rings. The van der Waals surface area contributed by atoms with Crippen LogP contribution in [0.2, 0.25) is 0 Å². The zero-order chi connectivity index (χ0) is 18.4. The number of pyridine rings is 2. The highest BCUT2D eigenvalue weighted by molar-refractivity contribution is 5.78. The topological polar surface area (TPSA) is 66.2 Å². The average molecular weight is 352 g/mol. The number of aromatic nitrogens is 2. The molecule has 2 aromatic carbocycles. The molecule has 5 rings (SSSR count). The molecular weight excluding hydrogens is 336 g/mol. The number of rotatable bonds is 2. The Morgan fingerprint density at radius 3 is 1.96 bits per heavy atom. The zero-order valence-corrected chi connectivity index (χ0v) is 14.4. The normalized spacial score (nSPS) is 13.8. The van der Waals surface area contributed by atoms with Crippen LogP contribution in [0.3, 0.4) is 0 Å². The Hall–Kier alpha value is -3.50. The number of benzene rings is 2. The molecule has 0 aliphatic heterocycles. The lowest BCUT2D eigenvalue weighted by molar-refractivity contribution is 0.130. The molecule has 2 heterocycles. The fraction of sp³-hybridized carbons (Fsp3) is 0.0435. The molecule has 0 amide bonds. The van der Waals surface area contributed by atoms with Crippen molar-refractivity contribution in [1.29, 1.82) is 0 Å². The van der Waals surface area contributed by atoms with Crippen LogP contribution in [0.1, 0.15) is 16.7 Å². The summed E-state index contributed by atoms with van der Waals surface area (Å²) in [6, 6.07) is 22.2. The van der Waals surface area contributed by atoms with Crippen molar-refractivity contribution in [3.05, 3.63) is 102 Å². The molecule has 4 nitrogen and oxygen atoms in total. The summed E-state index contributed by atoms with van der Waals surface area (Å²) in [5.41, 5.74) is 3.62. The van der Waals surface area contributed by atoms with Gasteiger partial charge in [-0.05, 0) is 35.4 Å². The maximum Gasteiger partial charge on any atom is 0.144 e. The van der Waals surface area contributed by atoms with Gasteiger partial charge in [0.05, 0.1) is 11.4 Å². The molecule has 0 atom stereocenters. The van der Waals surface area contributed by atoms with E-state index in [0.29, 0.717) is 33.6 Å². The first-order valence-corrected chi connectivity index (χ1v) is 8.72. The van der Waals surface area contributed by atoms with Crippen LogP contribution in [0.4, 0.5) is 0 Å². The van der Waals surface area contributed by atoms with Crippen LogP contribution in [0, 0.1) is 0 Å². The number of aromatic hydroxyl groups is 1. The average Bonchev–Trinajstić information content (AvgIpc) is 2.99. The molecule has 4 heteroatoms. The van der Waals surface area contributed by atoms with E-state index in [1.54, 1.807) is 24.5 Å². The van der Waals surface area contributed by atoms with Gasteiger partial charge in [0.1, 0.15) is 11.4 Å². The smallest absolute Gasteiger partial charge is 0.144 e. The fourth-order valence-corrected chi connectivity index (χ4v) is 3.84. The lowest BCUT2D eigenvalue weighted by Crippen LogP contribution is -2.26. The quantitative estimate of drug-likeness (QED) is 0.570. The highest BCUT2D eigenvalue weighted by Crippen LogP contribution is 2.49. The minimum atomic E-state index is -1.37. The number of aliphatic hydroxyl groups is 1. The van der Waals surface area contributed by atoms with E-state index in [9.17, 15) is 10.2 Å². The predicted molar refractivity (Wildman–Crippen MR) is 103 cm³/mol. The van der Waals surface area contributed by atoms with Gasteiger partial charge in [0.15, 0.2) is 0 Å². The fourth-order valence-electron chi connectivity index (χ4n) is 3.84. The summed E-state index contributed by atoms with van der Waals surface area (Å²) in [5.74, 6) is 0.171. The van der Waals surface area contributed by atoms with E-state index >= 15 is 0 Å². The monoisotopic (exact) mass is 352 g/mol. The molecular formula is C23H16N2O2. The number of phenols is 1. The van der Waals surface area contributed by atoms with Crippen molar-refractivity contribution in [3.8, 4) is 28.3 Å². The number of fused-ring (bicyclic) bond motifs is 3. The second kappa shape index (κ2) is 5.76. The van der Waals surface area contributed by atoms with Gasteiger partial charge in [-0.3, -0.25) is 9.97 Å². The van der Waals surface area contributed by atoms with Crippen molar-refractivity contribution in [3.63, 3.8) is 0 Å². The Morgan fingerprint density at radius 1 is 0.704 bits per heavy atom. The van der Waals surface area contributed by atoms with Crippen molar-refractivity contribution >= 4 is 0 Å². The number of phenolic OH excluding ortho intramolecular Hbond substituents is 1. The highest BCUT2D eigenvalue weighted by atomic mass is 16.3. The van der Waals surface area contributed by atoms with Gasteiger partial charge in [-0.25, -0.2) is 0 Å². The molecule has 0 fully saturated rings. The molecule has 2 N–H and O–H groups in total. The molecule has 0 saturated carbocycles. The van der Waals surface area contributed by atoms with Gasteiger partial charge in [-0.2, -0.15) is 0 Å². The number of nitrogens with zero attached hydrogens (tertiary/aromatic N) is 2. The summed E-state index contributed by atoms with van der Waals surface area (Å²) in [6.07, 6.45) is 3.41. The van der Waals surface area contributed by atoms with E-state index in [2.05, 4.69) is 9.97 Å². The van der Waals surface area contributed by atoms with Gasteiger partial charge >= 0.3 is 0 Å². The third-order valence-corrected chi connectivity index (χ3v) is 5.12. The Labute approximate surface area is 156 Å². The van der Waals surface area contributed by atoms with Gasteiger partial charge in [0.2, 0.25) is 0 Å². The summed E-state index contributed by atoms with van der Waals surface area (Å²) < 4.78 is 0. The second-order valence-corrected chi connectivity index (χ2v) is 6.61. The van der Waals surface area contributed by atoms with Crippen LogP contribution in [0.5, 0.6) is 5.75 Å². The molecule has 130 valence electrons. The van der Waals surface area contributed by atoms with E-state index in [4.69, 9.17) is 0 Å². The van der Waals surface area contributed by atoms with Gasteiger partial charge in [-0.1, -0.05) is 48.5 Å². The van der Waals surface area contributed by atoms with Crippen LogP contribution < -0.4 is 0 Å². The summed E-state index contributed by atoms with van der Waals surface area (Å²) >= 11 is 0. The maximum atomic E-state index is 11.9. The first kappa shape index (κ1) is 15.7. The second-order valence-electron chi connectivity index (χ2n) is 6.61. The Balaban J connectivity index is 1.78. The molecule has 0 saturated heterocycles. The Kier molecular flexibility index (Phi) is 3.35. The van der Waals surface area contributed by atoms with E-state index in [1.807, 2.05) is 60.7 Å². The number of hydrogen-bond donors (Lipinski definition) is 2. The SMILES string of the molecule is Oc1ccc(C2(O)c3cccnc3-c3ncccc32)cc1-c1ccccc1. The Bertz CT molecular complexity index is 1110. The van der Waals surface area contributed by atoms with Gasteiger partial charge in [-0.15, -0.1) is 0 Å². The Morgan fingerprint density at radius 2 is 1.33 bits per heavy atom. The summed E-state index contributed by atoms with van der Waals surface area (Å²) in [6.45, 7) is 0. The van der Waals surface area contributed by atoms with Crippen molar-refractivity contribution in [2.45, 2.75) is 5.60 Å². The summed E-state index contributed by atoms with van der Waals surface area (Å²) in [7, 11) is 0. The lowest BCUT2D eigenvalue weighted by Gasteiger charge is -2.26. The first-order valence-electron chi connectivity index (χ1n) is 8.72. The zero-order valence-electron chi connectivity index (χ0n) is 14.4. The molecule has 1 aliphatic carbocycles. The first-order chi connectivity index (χ1) is 13.2. The van der Waals surface area contributed by atoms with Crippen molar-refractivity contribution in [2.24, 2.45) is 0 Å². The van der Waals surface area contributed by atoms with Crippen LogP contribution in [0.25, 0.3) is 22.5 Å². The minimum absolute atomic E-state index is 0.171. The van der Waals surface area contributed by atoms with Crippen molar-refractivity contribution < 1.29 is 10.2 Å². The summed E-state index contributed by atoms with van der Waals surface area (Å²) in [4.78, 5) is 8.90. The van der Waals surface area contributed by atoms with E-state index in [0.717, 1.165) is 5.56 Å². The van der Waals surface area contributed by atoms with E-state index < -0.39 is 5.60 Å². The molecule has 2 aromatic heterocycles. The number of hydrogen-bond acceptors (Lipinski definition) is 4. The third-order valence-electron chi connectivity index (χ3n) is 5.12.